The quantitative estimate of drug-likeness (QED) is 0.788. The highest BCUT2D eigenvalue weighted by molar-refractivity contribution is 7.99. The Morgan fingerprint density at radius 2 is 2.00 bits per heavy atom. The van der Waals surface area contributed by atoms with Crippen molar-refractivity contribution in [1.82, 2.24) is 9.97 Å². The molecule has 0 saturated carbocycles. The molecular formula is C10H10N2S. The van der Waals surface area contributed by atoms with Crippen LogP contribution in [0.4, 0.5) is 0 Å². The normalized spacial score (nSPS) is 10.2. The van der Waals surface area contributed by atoms with Crippen LogP contribution in [0.15, 0.2) is 46.5 Å². The van der Waals surface area contributed by atoms with Gasteiger partial charge >= 0.3 is 0 Å². The summed E-state index contributed by atoms with van der Waals surface area (Å²) >= 11 is 1.69. The molecule has 66 valence electrons. The molecule has 0 fully saturated rings. The van der Waals surface area contributed by atoms with Crippen LogP contribution >= 0.6 is 11.8 Å². The average molecular weight is 190 g/mol. The van der Waals surface area contributed by atoms with Crippen LogP contribution in [0.25, 0.3) is 0 Å². The molecule has 1 N–H and O–H groups in total. The lowest BCUT2D eigenvalue weighted by Crippen LogP contribution is -1.73. The number of hydrogen-bond donors (Lipinski definition) is 1. The molecule has 0 amide bonds. The van der Waals surface area contributed by atoms with Crippen LogP contribution in [0, 0.1) is 6.92 Å². The Balaban J connectivity index is 2.15. The minimum atomic E-state index is 0.957. The summed E-state index contributed by atoms with van der Waals surface area (Å²) in [5.41, 5.74) is 0. The average Bonchev–Trinajstić information content (AvgIpc) is 2.53. The van der Waals surface area contributed by atoms with E-state index in [0.29, 0.717) is 0 Å². The van der Waals surface area contributed by atoms with Crippen LogP contribution in [0.1, 0.15) is 5.82 Å². The standard InChI is InChI=1S/C10H10N2S/c1-8-11-7-10(12-8)13-9-5-3-2-4-6-9/h2-7H,1H3,(H,11,12). The molecule has 1 aromatic carbocycles. The number of benzene rings is 1. The largest absolute Gasteiger partial charge is 0.337 e. The van der Waals surface area contributed by atoms with Crippen molar-refractivity contribution in [2.75, 3.05) is 0 Å². The van der Waals surface area contributed by atoms with Gasteiger partial charge < -0.3 is 4.98 Å². The first-order valence-electron chi connectivity index (χ1n) is 4.09. The minimum Gasteiger partial charge on any atom is -0.337 e. The lowest BCUT2D eigenvalue weighted by Gasteiger charge is -1.95. The molecular weight excluding hydrogens is 180 g/mol. The Labute approximate surface area is 81.4 Å². The van der Waals surface area contributed by atoms with Crippen LogP contribution in [-0.2, 0) is 0 Å². The predicted octanol–water partition coefficient (Wildman–Crippen LogP) is 2.87. The number of aromatic nitrogens is 2. The molecule has 2 aromatic rings. The van der Waals surface area contributed by atoms with Gasteiger partial charge in [-0.05, 0) is 19.1 Å². The fraction of sp³-hybridized carbons (Fsp3) is 0.100. The lowest BCUT2D eigenvalue weighted by atomic mass is 10.4. The van der Waals surface area contributed by atoms with Crippen LogP contribution in [0.3, 0.4) is 0 Å². The van der Waals surface area contributed by atoms with Crippen LogP contribution < -0.4 is 0 Å². The van der Waals surface area contributed by atoms with Gasteiger partial charge in [0.2, 0.25) is 0 Å². The Bertz CT molecular complexity index is 381. The molecule has 13 heavy (non-hydrogen) atoms. The fourth-order valence-corrected chi connectivity index (χ4v) is 1.92. The van der Waals surface area contributed by atoms with Gasteiger partial charge in [-0.15, -0.1) is 0 Å². The van der Waals surface area contributed by atoms with Gasteiger partial charge in [0, 0.05) is 4.90 Å². The van der Waals surface area contributed by atoms with E-state index in [1.807, 2.05) is 31.3 Å². The van der Waals surface area contributed by atoms with E-state index in [1.165, 1.54) is 4.90 Å². The van der Waals surface area contributed by atoms with Crippen molar-refractivity contribution >= 4 is 11.8 Å². The summed E-state index contributed by atoms with van der Waals surface area (Å²) in [6.45, 7) is 1.95. The first-order valence-corrected chi connectivity index (χ1v) is 4.91. The molecule has 0 spiro atoms. The topological polar surface area (TPSA) is 28.7 Å². The van der Waals surface area contributed by atoms with Crippen molar-refractivity contribution in [2.24, 2.45) is 0 Å². The van der Waals surface area contributed by atoms with Crippen molar-refractivity contribution in [3.05, 3.63) is 42.4 Å². The number of nitrogens with one attached hydrogen (secondary N) is 1. The zero-order chi connectivity index (χ0) is 9.10. The van der Waals surface area contributed by atoms with E-state index in [0.717, 1.165) is 10.9 Å². The Morgan fingerprint density at radius 1 is 1.23 bits per heavy atom. The van der Waals surface area contributed by atoms with E-state index in [4.69, 9.17) is 0 Å². The third kappa shape index (κ3) is 2.12. The van der Waals surface area contributed by atoms with E-state index in [2.05, 4.69) is 22.1 Å². The second kappa shape index (κ2) is 3.66. The van der Waals surface area contributed by atoms with Crippen molar-refractivity contribution in [1.29, 1.82) is 0 Å². The summed E-state index contributed by atoms with van der Waals surface area (Å²) < 4.78 is 0. The van der Waals surface area contributed by atoms with Gasteiger partial charge in [-0.3, -0.25) is 0 Å². The maximum absolute atomic E-state index is 4.14. The highest BCUT2D eigenvalue weighted by Crippen LogP contribution is 2.24. The van der Waals surface area contributed by atoms with Crippen LogP contribution in [0.2, 0.25) is 0 Å². The second-order valence-electron chi connectivity index (χ2n) is 2.75. The van der Waals surface area contributed by atoms with Crippen molar-refractivity contribution in [3.63, 3.8) is 0 Å². The zero-order valence-corrected chi connectivity index (χ0v) is 8.14. The van der Waals surface area contributed by atoms with Crippen molar-refractivity contribution < 1.29 is 0 Å². The van der Waals surface area contributed by atoms with Crippen LogP contribution in [-0.4, -0.2) is 9.97 Å². The van der Waals surface area contributed by atoms with E-state index < -0.39 is 0 Å². The number of aromatic amines is 1. The van der Waals surface area contributed by atoms with E-state index in [9.17, 15) is 0 Å². The van der Waals surface area contributed by atoms with Crippen molar-refractivity contribution in [2.45, 2.75) is 16.8 Å². The van der Waals surface area contributed by atoms with E-state index >= 15 is 0 Å². The molecule has 2 rings (SSSR count). The van der Waals surface area contributed by atoms with Gasteiger partial charge in [0.15, 0.2) is 0 Å². The molecule has 1 aromatic heterocycles. The summed E-state index contributed by atoms with van der Waals surface area (Å²) in [5.74, 6) is 0.957. The van der Waals surface area contributed by atoms with Gasteiger partial charge in [0.05, 0.1) is 11.2 Å². The molecule has 0 bridgehead atoms. The summed E-state index contributed by atoms with van der Waals surface area (Å²) in [6, 6.07) is 10.3. The molecule has 0 radical (unpaired) electrons. The summed E-state index contributed by atoms with van der Waals surface area (Å²) in [5, 5.41) is 1.09. The number of rotatable bonds is 2. The third-order valence-electron chi connectivity index (χ3n) is 1.65. The molecule has 1 heterocycles. The van der Waals surface area contributed by atoms with Gasteiger partial charge in [0.1, 0.15) is 5.82 Å². The SMILES string of the molecule is Cc1ncc(Sc2ccccc2)[nH]1. The Kier molecular flexibility index (Phi) is 2.36. The molecule has 0 unspecified atom stereocenters. The molecule has 0 aliphatic heterocycles. The minimum absolute atomic E-state index is 0.957. The Hall–Kier alpha value is -1.22. The first kappa shape index (κ1) is 8.38. The smallest absolute Gasteiger partial charge is 0.103 e. The number of aryl methyl sites for hydroxylation is 1. The summed E-state index contributed by atoms with van der Waals surface area (Å²) in [4.78, 5) is 8.54. The number of hydrogen-bond acceptors (Lipinski definition) is 2. The molecule has 0 atom stereocenters. The van der Waals surface area contributed by atoms with Gasteiger partial charge in [-0.1, -0.05) is 30.0 Å². The highest BCUT2D eigenvalue weighted by atomic mass is 32.2. The maximum atomic E-state index is 4.14. The van der Waals surface area contributed by atoms with Crippen molar-refractivity contribution in [3.8, 4) is 0 Å². The van der Waals surface area contributed by atoms with Gasteiger partial charge in [-0.2, -0.15) is 0 Å². The third-order valence-corrected chi connectivity index (χ3v) is 2.59. The zero-order valence-electron chi connectivity index (χ0n) is 7.32. The van der Waals surface area contributed by atoms with Crippen LogP contribution in [0.5, 0.6) is 0 Å². The highest BCUT2D eigenvalue weighted by Gasteiger charge is 1.98. The fourth-order valence-electron chi connectivity index (χ4n) is 1.07. The maximum Gasteiger partial charge on any atom is 0.103 e. The molecule has 3 heteroatoms. The van der Waals surface area contributed by atoms with Gasteiger partial charge in [0.25, 0.3) is 0 Å². The molecule has 2 nitrogen and oxygen atoms in total. The van der Waals surface area contributed by atoms with E-state index in [1.54, 1.807) is 11.8 Å². The summed E-state index contributed by atoms with van der Waals surface area (Å²) in [6.07, 6.45) is 1.85. The number of nitrogens with zero attached hydrogens (tertiary/aromatic N) is 1. The lowest BCUT2D eigenvalue weighted by molar-refractivity contribution is 1.10. The predicted molar refractivity (Wildman–Crippen MR) is 53.9 cm³/mol. The Morgan fingerprint density at radius 3 is 2.62 bits per heavy atom. The first-order chi connectivity index (χ1) is 6.34. The number of imidazole rings is 1. The number of H-pyrrole nitrogens is 1. The monoisotopic (exact) mass is 190 g/mol. The molecule has 0 saturated heterocycles. The molecule has 0 aliphatic carbocycles. The summed E-state index contributed by atoms with van der Waals surface area (Å²) in [7, 11) is 0. The second-order valence-corrected chi connectivity index (χ2v) is 3.86. The van der Waals surface area contributed by atoms with Gasteiger partial charge in [-0.25, -0.2) is 4.98 Å². The molecule has 0 aliphatic rings. The van der Waals surface area contributed by atoms with E-state index in [-0.39, 0.29) is 0 Å².